The van der Waals surface area contributed by atoms with E-state index in [-0.39, 0.29) is 5.82 Å². The van der Waals surface area contributed by atoms with Gasteiger partial charge in [-0.2, -0.15) is 11.8 Å². The zero-order chi connectivity index (χ0) is 12.1. The average Bonchev–Trinajstić information content (AvgIpc) is 2.82. The largest absolute Gasteiger partial charge is 0.314 e. The molecule has 3 heteroatoms. The second-order valence-corrected chi connectivity index (χ2v) is 5.98. The molecule has 94 valence electrons. The molecule has 1 N–H and O–H groups in total. The fraction of sp³-hybridized carbons (Fsp3) is 0.571. The summed E-state index contributed by atoms with van der Waals surface area (Å²) >= 11 is 2.04. The number of halogens is 1. The number of rotatable bonds is 5. The van der Waals surface area contributed by atoms with Crippen molar-refractivity contribution in [1.29, 1.82) is 0 Å². The Morgan fingerprint density at radius 3 is 3.00 bits per heavy atom. The van der Waals surface area contributed by atoms with Gasteiger partial charge in [-0.15, -0.1) is 0 Å². The molecule has 1 fully saturated rings. The van der Waals surface area contributed by atoms with E-state index in [1.54, 1.807) is 6.07 Å². The van der Waals surface area contributed by atoms with Crippen molar-refractivity contribution in [2.75, 3.05) is 18.1 Å². The van der Waals surface area contributed by atoms with E-state index in [4.69, 9.17) is 0 Å². The Morgan fingerprint density at radius 2 is 2.29 bits per heavy atom. The van der Waals surface area contributed by atoms with Crippen LogP contribution in [0, 0.1) is 11.7 Å². The van der Waals surface area contributed by atoms with Gasteiger partial charge in [0, 0.05) is 6.04 Å². The van der Waals surface area contributed by atoms with Crippen molar-refractivity contribution in [3.8, 4) is 0 Å². The molecule has 2 atom stereocenters. The van der Waals surface area contributed by atoms with Crippen LogP contribution >= 0.6 is 11.8 Å². The van der Waals surface area contributed by atoms with Crippen LogP contribution in [-0.2, 0) is 6.42 Å². The Morgan fingerprint density at radius 1 is 1.47 bits per heavy atom. The summed E-state index contributed by atoms with van der Waals surface area (Å²) in [5.41, 5.74) is 0.813. The molecule has 1 saturated heterocycles. The quantitative estimate of drug-likeness (QED) is 0.865. The van der Waals surface area contributed by atoms with Gasteiger partial charge >= 0.3 is 0 Å². The zero-order valence-corrected chi connectivity index (χ0v) is 11.1. The molecule has 2 rings (SSSR count). The lowest BCUT2D eigenvalue weighted by Gasteiger charge is -2.17. The lowest BCUT2D eigenvalue weighted by atomic mass is 10.0. The Kier molecular flexibility index (Phi) is 4.86. The summed E-state index contributed by atoms with van der Waals surface area (Å²) in [7, 11) is 0. The molecule has 1 aromatic rings. The molecular weight excluding hydrogens is 233 g/mol. The molecule has 1 nitrogen and oxygen atoms in total. The first-order valence-corrected chi connectivity index (χ1v) is 7.45. The highest BCUT2D eigenvalue weighted by Crippen LogP contribution is 2.22. The number of benzene rings is 1. The third-order valence-electron chi connectivity index (χ3n) is 3.26. The van der Waals surface area contributed by atoms with Crippen molar-refractivity contribution in [3.05, 3.63) is 35.6 Å². The van der Waals surface area contributed by atoms with Crippen LogP contribution in [0.2, 0.25) is 0 Å². The van der Waals surface area contributed by atoms with E-state index in [0.717, 1.165) is 24.4 Å². The molecule has 0 spiro atoms. The second-order valence-electron chi connectivity index (χ2n) is 4.83. The van der Waals surface area contributed by atoms with Crippen molar-refractivity contribution in [2.45, 2.75) is 25.8 Å². The van der Waals surface area contributed by atoms with Crippen LogP contribution < -0.4 is 5.32 Å². The van der Waals surface area contributed by atoms with Crippen LogP contribution in [0.5, 0.6) is 0 Å². The first kappa shape index (κ1) is 12.9. The van der Waals surface area contributed by atoms with Crippen LogP contribution in [0.25, 0.3) is 0 Å². The van der Waals surface area contributed by atoms with Crippen LogP contribution in [0.1, 0.15) is 18.9 Å². The van der Waals surface area contributed by atoms with Crippen LogP contribution in [0.15, 0.2) is 24.3 Å². The van der Waals surface area contributed by atoms with E-state index in [2.05, 4.69) is 12.2 Å². The van der Waals surface area contributed by atoms with Gasteiger partial charge in [-0.05, 0) is 55.4 Å². The van der Waals surface area contributed by atoms with Crippen molar-refractivity contribution < 1.29 is 4.39 Å². The first-order valence-electron chi connectivity index (χ1n) is 6.30. The zero-order valence-electron chi connectivity index (χ0n) is 10.3. The third kappa shape index (κ3) is 4.00. The van der Waals surface area contributed by atoms with Crippen molar-refractivity contribution in [2.24, 2.45) is 5.92 Å². The van der Waals surface area contributed by atoms with Gasteiger partial charge in [-0.3, -0.25) is 0 Å². The molecule has 1 aliphatic heterocycles. The summed E-state index contributed by atoms with van der Waals surface area (Å²) in [4.78, 5) is 0. The molecule has 0 aromatic heterocycles. The average molecular weight is 253 g/mol. The predicted molar refractivity (Wildman–Crippen MR) is 73.0 cm³/mol. The highest BCUT2D eigenvalue weighted by Gasteiger charge is 2.16. The summed E-state index contributed by atoms with van der Waals surface area (Å²) < 4.78 is 13.5. The van der Waals surface area contributed by atoms with Gasteiger partial charge in [0.2, 0.25) is 0 Å². The van der Waals surface area contributed by atoms with Gasteiger partial charge in [-0.1, -0.05) is 18.2 Å². The number of hydrogen-bond acceptors (Lipinski definition) is 2. The summed E-state index contributed by atoms with van der Waals surface area (Å²) in [6.07, 6.45) is 2.09. The Labute approximate surface area is 107 Å². The van der Waals surface area contributed by atoms with Crippen LogP contribution in [-0.4, -0.2) is 24.1 Å². The van der Waals surface area contributed by atoms with Gasteiger partial charge in [-0.25, -0.2) is 4.39 Å². The minimum atomic E-state index is -0.0856. The lowest BCUT2D eigenvalue weighted by molar-refractivity contribution is 0.461. The molecular formula is C14H20FNS. The maximum absolute atomic E-state index is 13.5. The fourth-order valence-corrected chi connectivity index (χ4v) is 3.46. The first-order chi connectivity index (χ1) is 8.25. The monoisotopic (exact) mass is 253 g/mol. The molecule has 2 unspecified atom stereocenters. The van der Waals surface area contributed by atoms with Gasteiger partial charge < -0.3 is 5.32 Å². The molecule has 0 bridgehead atoms. The second kappa shape index (κ2) is 6.41. The molecule has 0 saturated carbocycles. The molecule has 17 heavy (non-hydrogen) atoms. The van der Waals surface area contributed by atoms with E-state index in [9.17, 15) is 4.39 Å². The van der Waals surface area contributed by atoms with E-state index >= 15 is 0 Å². The molecule has 1 aliphatic rings. The number of hydrogen-bond donors (Lipinski definition) is 1. The van der Waals surface area contributed by atoms with Gasteiger partial charge in [0.05, 0.1) is 0 Å². The van der Waals surface area contributed by atoms with E-state index < -0.39 is 0 Å². The lowest BCUT2D eigenvalue weighted by Crippen LogP contribution is -2.33. The normalized spacial score (nSPS) is 21.6. The maximum Gasteiger partial charge on any atom is 0.126 e. The standard InChI is InChI=1S/C14H20FNS/c1-11(16-9-12-6-7-17-10-12)8-13-4-2-3-5-14(13)15/h2-5,11-12,16H,6-10H2,1H3. The van der Waals surface area contributed by atoms with Gasteiger partial charge in [0.25, 0.3) is 0 Å². The molecule has 0 aliphatic carbocycles. The van der Waals surface area contributed by atoms with Crippen molar-refractivity contribution in [1.82, 2.24) is 5.32 Å². The smallest absolute Gasteiger partial charge is 0.126 e. The Balaban J connectivity index is 1.76. The fourth-order valence-electron chi connectivity index (χ4n) is 2.18. The third-order valence-corrected chi connectivity index (χ3v) is 4.49. The van der Waals surface area contributed by atoms with Crippen LogP contribution in [0.3, 0.4) is 0 Å². The minimum absolute atomic E-state index is 0.0856. The molecule has 0 amide bonds. The van der Waals surface area contributed by atoms with Gasteiger partial charge in [0.15, 0.2) is 0 Å². The van der Waals surface area contributed by atoms with E-state index in [1.807, 2.05) is 23.9 Å². The Bertz CT molecular complexity index is 350. The van der Waals surface area contributed by atoms with Crippen molar-refractivity contribution in [3.63, 3.8) is 0 Å². The molecule has 1 heterocycles. The van der Waals surface area contributed by atoms with Crippen LogP contribution in [0.4, 0.5) is 4.39 Å². The van der Waals surface area contributed by atoms with Crippen molar-refractivity contribution >= 4 is 11.8 Å². The SMILES string of the molecule is CC(Cc1ccccc1F)NCC1CCSC1. The summed E-state index contributed by atoms with van der Waals surface area (Å²) in [5.74, 6) is 3.30. The highest BCUT2D eigenvalue weighted by atomic mass is 32.2. The molecule has 0 radical (unpaired) electrons. The number of thioether (sulfide) groups is 1. The Hall–Kier alpha value is -0.540. The summed E-state index contributed by atoms with van der Waals surface area (Å²) in [6.45, 7) is 3.21. The maximum atomic E-state index is 13.5. The van der Waals surface area contributed by atoms with E-state index in [0.29, 0.717) is 6.04 Å². The highest BCUT2D eigenvalue weighted by molar-refractivity contribution is 7.99. The topological polar surface area (TPSA) is 12.0 Å². The predicted octanol–water partition coefficient (Wildman–Crippen LogP) is 3.10. The van der Waals surface area contributed by atoms with Gasteiger partial charge in [0.1, 0.15) is 5.82 Å². The summed E-state index contributed by atoms with van der Waals surface area (Å²) in [6, 6.07) is 7.40. The number of nitrogens with one attached hydrogen (secondary N) is 1. The summed E-state index contributed by atoms with van der Waals surface area (Å²) in [5, 5.41) is 3.52. The molecule has 1 aromatic carbocycles. The van der Waals surface area contributed by atoms with E-state index in [1.165, 1.54) is 24.0 Å². The minimum Gasteiger partial charge on any atom is -0.314 e.